The van der Waals surface area contributed by atoms with Crippen LogP contribution in [0.25, 0.3) is 0 Å². The summed E-state index contributed by atoms with van der Waals surface area (Å²) in [6.07, 6.45) is 1.63. The van der Waals surface area contributed by atoms with E-state index >= 15 is 0 Å². The molecule has 1 fully saturated rings. The van der Waals surface area contributed by atoms with Gasteiger partial charge in [0.2, 0.25) is 0 Å². The van der Waals surface area contributed by atoms with Crippen LogP contribution in [-0.4, -0.2) is 28.9 Å². The Morgan fingerprint density at radius 2 is 2.06 bits per heavy atom. The van der Waals surface area contributed by atoms with Crippen LogP contribution >= 0.6 is 0 Å². The van der Waals surface area contributed by atoms with Gasteiger partial charge in [-0.25, -0.2) is 4.39 Å². The molecule has 1 N–H and O–H groups in total. The number of piperidine rings is 1. The van der Waals surface area contributed by atoms with Gasteiger partial charge in [-0.3, -0.25) is 4.90 Å². The fourth-order valence-corrected chi connectivity index (χ4v) is 2.15. The van der Waals surface area contributed by atoms with E-state index in [-0.39, 0.29) is 5.82 Å². The molecule has 1 aliphatic rings. The van der Waals surface area contributed by atoms with E-state index in [2.05, 4.69) is 10.1 Å². The first-order valence-electron chi connectivity index (χ1n) is 5.86. The summed E-state index contributed by atoms with van der Waals surface area (Å²) in [7, 11) is 0. The van der Waals surface area contributed by atoms with E-state index in [1.807, 2.05) is 13.0 Å². The molecule has 0 aliphatic carbocycles. The number of likely N-dealkylation sites (tertiary alicyclic amines) is 1. The molecule has 4 heteroatoms. The normalized spacial score (nSPS) is 17.2. The van der Waals surface area contributed by atoms with Crippen LogP contribution in [0, 0.1) is 12.7 Å². The van der Waals surface area contributed by atoms with Crippen LogP contribution < -0.4 is 0 Å². The number of aryl methyl sites for hydroxylation is 1. The molecule has 1 aromatic carbocycles. The molecule has 0 radical (unpaired) electrons. The van der Waals surface area contributed by atoms with Crippen molar-refractivity contribution < 1.29 is 9.60 Å². The zero-order valence-electron chi connectivity index (χ0n) is 9.99. The minimum atomic E-state index is -0.181. The first-order valence-corrected chi connectivity index (χ1v) is 5.86. The maximum atomic E-state index is 13.0. The molecule has 0 atom stereocenters. The lowest BCUT2D eigenvalue weighted by molar-refractivity contribution is 0.255. The van der Waals surface area contributed by atoms with Gasteiger partial charge in [0.1, 0.15) is 5.82 Å². The summed E-state index contributed by atoms with van der Waals surface area (Å²) in [4.78, 5) is 2.30. The minimum absolute atomic E-state index is 0.181. The van der Waals surface area contributed by atoms with Gasteiger partial charge in [0, 0.05) is 32.5 Å². The molecule has 17 heavy (non-hydrogen) atoms. The average molecular weight is 236 g/mol. The van der Waals surface area contributed by atoms with Gasteiger partial charge < -0.3 is 5.21 Å². The van der Waals surface area contributed by atoms with Crippen LogP contribution in [0.4, 0.5) is 4.39 Å². The molecule has 0 aromatic heterocycles. The largest absolute Gasteiger partial charge is 0.411 e. The van der Waals surface area contributed by atoms with Crippen molar-refractivity contribution in [3.63, 3.8) is 0 Å². The minimum Gasteiger partial charge on any atom is -0.411 e. The van der Waals surface area contributed by atoms with Gasteiger partial charge in [0.15, 0.2) is 0 Å². The Kier molecular flexibility index (Phi) is 3.74. The van der Waals surface area contributed by atoms with Gasteiger partial charge in [-0.2, -0.15) is 0 Å². The standard InChI is InChI=1S/C13H17FN2O/c1-10-8-12(14)3-2-11(10)9-16-6-4-13(15-17)5-7-16/h2-3,8,17H,4-7,9H2,1H3. The van der Waals surface area contributed by atoms with E-state index in [1.54, 1.807) is 6.07 Å². The number of halogens is 1. The third-order valence-corrected chi connectivity index (χ3v) is 3.27. The van der Waals surface area contributed by atoms with Crippen LogP contribution in [-0.2, 0) is 6.54 Å². The van der Waals surface area contributed by atoms with Crippen molar-refractivity contribution in [1.82, 2.24) is 4.90 Å². The highest BCUT2D eigenvalue weighted by molar-refractivity contribution is 5.84. The summed E-state index contributed by atoms with van der Waals surface area (Å²) < 4.78 is 13.0. The van der Waals surface area contributed by atoms with E-state index in [1.165, 1.54) is 6.07 Å². The number of oxime groups is 1. The first-order chi connectivity index (χ1) is 8.19. The summed E-state index contributed by atoms with van der Waals surface area (Å²) in [6.45, 7) is 4.57. The Balaban J connectivity index is 1.98. The van der Waals surface area contributed by atoms with Crippen LogP contribution in [0.3, 0.4) is 0 Å². The Morgan fingerprint density at radius 3 is 2.65 bits per heavy atom. The molecule has 1 aromatic rings. The Hall–Kier alpha value is -1.42. The van der Waals surface area contributed by atoms with Crippen molar-refractivity contribution in [2.24, 2.45) is 5.16 Å². The van der Waals surface area contributed by atoms with Crippen molar-refractivity contribution in [2.75, 3.05) is 13.1 Å². The van der Waals surface area contributed by atoms with E-state index < -0.39 is 0 Å². The second-order valence-corrected chi connectivity index (χ2v) is 4.51. The first kappa shape index (κ1) is 12.0. The maximum absolute atomic E-state index is 13.0. The van der Waals surface area contributed by atoms with Gasteiger partial charge in [-0.05, 0) is 30.2 Å². The van der Waals surface area contributed by atoms with E-state index in [0.29, 0.717) is 0 Å². The maximum Gasteiger partial charge on any atom is 0.123 e. The molecule has 0 amide bonds. The quantitative estimate of drug-likeness (QED) is 0.632. The summed E-state index contributed by atoms with van der Waals surface area (Å²) in [5, 5.41) is 11.9. The molecule has 0 bridgehead atoms. The fourth-order valence-electron chi connectivity index (χ4n) is 2.15. The molecule has 3 nitrogen and oxygen atoms in total. The predicted molar refractivity (Wildman–Crippen MR) is 64.9 cm³/mol. The summed E-state index contributed by atoms with van der Waals surface area (Å²) in [5.41, 5.74) is 3.03. The molecule has 2 rings (SSSR count). The number of hydrogen-bond donors (Lipinski definition) is 1. The zero-order valence-corrected chi connectivity index (χ0v) is 9.99. The molecule has 0 spiro atoms. The van der Waals surface area contributed by atoms with Crippen LogP contribution in [0.2, 0.25) is 0 Å². The predicted octanol–water partition coefficient (Wildman–Crippen LogP) is 2.56. The van der Waals surface area contributed by atoms with Crippen molar-refractivity contribution in [2.45, 2.75) is 26.3 Å². The summed E-state index contributed by atoms with van der Waals surface area (Å²) in [6, 6.07) is 4.92. The smallest absolute Gasteiger partial charge is 0.123 e. The van der Waals surface area contributed by atoms with Gasteiger partial charge in [0.05, 0.1) is 5.71 Å². The van der Waals surface area contributed by atoms with Crippen molar-refractivity contribution in [3.8, 4) is 0 Å². The topological polar surface area (TPSA) is 35.8 Å². The highest BCUT2D eigenvalue weighted by Gasteiger charge is 2.16. The van der Waals surface area contributed by atoms with Gasteiger partial charge in [0.25, 0.3) is 0 Å². The van der Waals surface area contributed by atoms with E-state index in [0.717, 1.165) is 49.3 Å². The van der Waals surface area contributed by atoms with Crippen molar-refractivity contribution >= 4 is 5.71 Å². The molecule has 1 heterocycles. The lowest BCUT2D eigenvalue weighted by atomic mass is 10.1. The third kappa shape index (κ3) is 3.03. The monoisotopic (exact) mass is 236 g/mol. The highest BCUT2D eigenvalue weighted by atomic mass is 19.1. The molecule has 92 valence electrons. The molecular formula is C13H17FN2O. The fraction of sp³-hybridized carbons (Fsp3) is 0.462. The van der Waals surface area contributed by atoms with Crippen LogP contribution in [0.1, 0.15) is 24.0 Å². The number of rotatable bonds is 2. The molecule has 1 aliphatic heterocycles. The Labute approximate surface area is 101 Å². The summed E-state index contributed by atoms with van der Waals surface area (Å²) in [5.74, 6) is -0.181. The number of hydrogen-bond acceptors (Lipinski definition) is 3. The lowest BCUT2D eigenvalue weighted by Crippen LogP contribution is -2.33. The SMILES string of the molecule is Cc1cc(F)ccc1CN1CCC(=NO)CC1. The number of nitrogens with zero attached hydrogens (tertiary/aromatic N) is 2. The van der Waals surface area contributed by atoms with Gasteiger partial charge in [-0.1, -0.05) is 11.2 Å². The Bertz CT molecular complexity index is 421. The second-order valence-electron chi connectivity index (χ2n) is 4.51. The number of benzene rings is 1. The van der Waals surface area contributed by atoms with E-state index in [4.69, 9.17) is 5.21 Å². The van der Waals surface area contributed by atoms with Gasteiger partial charge in [-0.15, -0.1) is 0 Å². The van der Waals surface area contributed by atoms with Crippen molar-refractivity contribution in [3.05, 3.63) is 35.1 Å². The van der Waals surface area contributed by atoms with Gasteiger partial charge >= 0.3 is 0 Å². The van der Waals surface area contributed by atoms with E-state index in [9.17, 15) is 4.39 Å². The average Bonchev–Trinajstić information content (AvgIpc) is 2.34. The third-order valence-electron chi connectivity index (χ3n) is 3.27. The highest BCUT2D eigenvalue weighted by Crippen LogP contribution is 2.15. The second kappa shape index (κ2) is 5.27. The summed E-state index contributed by atoms with van der Waals surface area (Å²) >= 11 is 0. The molecule has 0 unspecified atom stereocenters. The molecule has 1 saturated heterocycles. The molecular weight excluding hydrogens is 219 g/mol. The van der Waals surface area contributed by atoms with Crippen molar-refractivity contribution in [1.29, 1.82) is 0 Å². The van der Waals surface area contributed by atoms with Crippen LogP contribution in [0.5, 0.6) is 0 Å². The lowest BCUT2D eigenvalue weighted by Gasteiger charge is -2.27. The van der Waals surface area contributed by atoms with Crippen LogP contribution in [0.15, 0.2) is 23.4 Å². The zero-order chi connectivity index (χ0) is 12.3. The Morgan fingerprint density at radius 1 is 1.35 bits per heavy atom. The molecule has 0 saturated carbocycles.